The first kappa shape index (κ1) is 56.9. The smallest absolute Gasteiger partial charge is 0.870 e. The molecular formula is C53H56BrKN2O7. The number of phenols is 2. The maximum absolute atomic E-state index is 12.6. The van der Waals surface area contributed by atoms with Crippen LogP contribution >= 0.6 is 15.9 Å². The number of hydrogen-bond acceptors (Lipinski definition) is 8. The van der Waals surface area contributed by atoms with Crippen molar-refractivity contribution in [3.05, 3.63) is 173 Å². The zero-order valence-electron chi connectivity index (χ0n) is 36.9. The average Bonchev–Trinajstić information content (AvgIpc) is 3.31. The zero-order chi connectivity index (χ0) is 45.0. The minimum absolute atomic E-state index is 0. The van der Waals surface area contributed by atoms with E-state index in [0.29, 0.717) is 23.1 Å². The summed E-state index contributed by atoms with van der Waals surface area (Å²) in [6.07, 6.45) is 10.5. The van der Waals surface area contributed by atoms with Crippen molar-refractivity contribution in [1.82, 2.24) is 0 Å². The second-order valence-corrected chi connectivity index (χ2v) is 15.1. The molecule has 0 radical (unpaired) electrons. The topological polar surface area (TPSA) is 182 Å². The molecule has 4 N–H and O–H groups in total. The summed E-state index contributed by atoms with van der Waals surface area (Å²) in [6.45, 7) is 5.15. The van der Waals surface area contributed by atoms with Crippen molar-refractivity contribution in [2.45, 2.75) is 71.6 Å². The molecule has 0 amide bonds. The number of carbonyl (C=O) groups excluding carboxylic acids is 1. The number of alkyl halides is 1. The summed E-state index contributed by atoms with van der Waals surface area (Å²) in [5.74, 6) is 0.253. The molecule has 0 atom stereocenters. The van der Waals surface area contributed by atoms with Crippen molar-refractivity contribution in [2.75, 3.05) is 11.9 Å². The predicted octanol–water partition coefficient (Wildman–Crippen LogP) is 10.4. The number of ketones is 1. The van der Waals surface area contributed by atoms with E-state index >= 15 is 0 Å². The number of hydrogen-bond donors (Lipinski definition) is 3. The van der Waals surface area contributed by atoms with Gasteiger partial charge in [0.1, 0.15) is 17.2 Å². The Morgan fingerprint density at radius 2 is 0.938 bits per heavy atom. The van der Waals surface area contributed by atoms with Crippen LogP contribution in [0.15, 0.2) is 146 Å². The van der Waals surface area contributed by atoms with Crippen molar-refractivity contribution in [2.24, 2.45) is 0 Å². The standard InChI is InChI=1S/C27H27NO2.C13H9NO.C7H6O3.C6H13Br.K.H2O/c1-2-3-4-5-18-30-26-16-14-25(15-17-26)27(29)19-21-6-10-23(11-7-21)24-12-8-22(20-28)9-13-24;14-9-10-1-3-11(4-2-10)12-5-7-13(15)8-6-12;8-6-3-1-5(2-4-6)7(9)10;1-2-3-4-5-6-7;;/h6-17H,2-5,18-19H2,1H3;1-8,15H;1-4,8H,(H,9,10);2-6H2,1H3;;1H2/q;;;;+1;/p-1. The van der Waals surface area contributed by atoms with E-state index in [9.17, 15) is 9.59 Å². The van der Waals surface area contributed by atoms with Crippen LogP contribution in [0.1, 0.15) is 103 Å². The Bertz CT molecular complexity index is 2280. The molecule has 6 rings (SSSR count). The predicted molar refractivity (Wildman–Crippen MR) is 254 cm³/mol. The molecule has 9 nitrogen and oxygen atoms in total. The number of carboxylic acids is 1. The average molecular weight is 952 g/mol. The van der Waals surface area contributed by atoms with Crippen molar-refractivity contribution in [3.63, 3.8) is 0 Å². The molecule has 0 unspecified atom stereocenters. The van der Waals surface area contributed by atoms with Crippen LogP contribution in [-0.4, -0.2) is 44.5 Å². The Kier molecular flexibility index (Phi) is 29.7. The third-order valence-electron chi connectivity index (χ3n) is 9.42. The third kappa shape index (κ3) is 22.0. The molecule has 0 heterocycles. The van der Waals surface area contributed by atoms with Gasteiger partial charge in [0.15, 0.2) is 5.78 Å². The first-order chi connectivity index (χ1) is 30.1. The van der Waals surface area contributed by atoms with Crippen molar-refractivity contribution < 1.29 is 86.5 Å². The number of rotatable bonds is 16. The maximum atomic E-state index is 12.6. The fourth-order valence-electron chi connectivity index (χ4n) is 5.81. The number of carboxylic acid groups (broad SMARTS) is 1. The molecule has 0 bridgehead atoms. The Morgan fingerprint density at radius 3 is 1.34 bits per heavy atom. The van der Waals surface area contributed by atoms with Crippen LogP contribution in [0, 0.1) is 22.7 Å². The number of aromatic carboxylic acids is 1. The maximum Gasteiger partial charge on any atom is 1.00 e. The first-order valence-corrected chi connectivity index (χ1v) is 22.0. The van der Waals surface area contributed by atoms with Gasteiger partial charge in [0.2, 0.25) is 0 Å². The van der Waals surface area contributed by atoms with E-state index in [1.165, 1.54) is 74.5 Å². The summed E-state index contributed by atoms with van der Waals surface area (Å²) in [6, 6.07) is 46.8. The monoisotopic (exact) mass is 950 g/mol. The molecule has 6 aromatic carbocycles. The Hall–Kier alpha value is -5.08. The van der Waals surface area contributed by atoms with Gasteiger partial charge in [-0.1, -0.05) is 129 Å². The van der Waals surface area contributed by atoms with E-state index < -0.39 is 5.97 Å². The molecule has 0 saturated heterocycles. The van der Waals surface area contributed by atoms with Gasteiger partial charge >= 0.3 is 57.4 Å². The van der Waals surface area contributed by atoms with Gasteiger partial charge in [-0.3, -0.25) is 4.79 Å². The minimum Gasteiger partial charge on any atom is -0.870 e. The molecule has 328 valence electrons. The molecule has 6 aromatic rings. The van der Waals surface area contributed by atoms with Crippen LogP contribution in [0.4, 0.5) is 0 Å². The Morgan fingerprint density at radius 1 is 0.547 bits per heavy atom. The van der Waals surface area contributed by atoms with Gasteiger partial charge < -0.3 is 25.5 Å². The van der Waals surface area contributed by atoms with Gasteiger partial charge in [0, 0.05) is 17.3 Å². The number of carbonyl (C=O) groups is 2. The number of nitriles is 2. The third-order valence-corrected chi connectivity index (χ3v) is 9.99. The summed E-state index contributed by atoms with van der Waals surface area (Å²) in [5.41, 5.74) is 7.34. The fourth-order valence-corrected chi connectivity index (χ4v) is 6.21. The largest absolute Gasteiger partial charge is 1.00 e. The number of benzene rings is 6. The van der Waals surface area contributed by atoms with Crippen LogP contribution in [-0.2, 0) is 6.42 Å². The van der Waals surface area contributed by atoms with E-state index in [4.69, 9.17) is 30.6 Å². The van der Waals surface area contributed by atoms with Crippen molar-refractivity contribution in [3.8, 4) is 51.6 Å². The summed E-state index contributed by atoms with van der Waals surface area (Å²) in [4.78, 5) is 22.8. The number of phenolic OH excluding ortho intramolecular Hbond substituents is 2. The van der Waals surface area contributed by atoms with Crippen molar-refractivity contribution in [1.29, 1.82) is 10.5 Å². The first-order valence-electron chi connectivity index (χ1n) is 20.8. The summed E-state index contributed by atoms with van der Waals surface area (Å²) in [7, 11) is 0. The van der Waals surface area contributed by atoms with Crippen LogP contribution in [0.2, 0.25) is 0 Å². The van der Waals surface area contributed by atoms with Gasteiger partial charge in [0.25, 0.3) is 0 Å². The molecule has 0 fully saturated rings. The van der Waals surface area contributed by atoms with Crippen LogP contribution < -0.4 is 56.1 Å². The summed E-state index contributed by atoms with van der Waals surface area (Å²) in [5, 5.41) is 45.0. The van der Waals surface area contributed by atoms with Gasteiger partial charge in [-0.15, -0.1) is 0 Å². The molecule has 0 aromatic heterocycles. The second-order valence-electron chi connectivity index (χ2n) is 14.3. The van der Waals surface area contributed by atoms with Gasteiger partial charge in [0.05, 0.1) is 35.4 Å². The molecule has 0 saturated carbocycles. The fraction of sp³-hybridized carbons (Fsp3) is 0.245. The van der Waals surface area contributed by atoms with Crippen LogP contribution in [0.25, 0.3) is 22.3 Å². The molecule has 0 aliphatic heterocycles. The normalized spacial score (nSPS) is 9.58. The van der Waals surface area contributed by atoms with E-state index in [-0.39, 0.29) is 79.7 Å². The number of aromatic hydroxyl groups is 2. The Balaban J connectivity index is 0.000000499. The number of halogens is 1. The molecule has 64 heavy (non-hydrogen) atoms. The summed E-state index contributed by atoms with van der Waals surface area (Å²) < 4.78 is 5.75. The van der Waals surface area contributed by atoms with Gasteiger partial charge in [-0.25, -0.2) is 4.79 Å². The van der Waals surface area contributed by atoms with E-state index in [0.717, 1.165) is 46.6 Å². The number of nitrogens with zero attached hydrogens (tertiary/aromatic N) is 2. The number of ether oxygens (including phenoxy) is 1. The van der Waals surface area contributed by atoms with Crippen molar-refractivity contribution >= 4 is 27.7 Å². The summed E-state index contributed by atoms with van der Waals surface area (Å²) >= 11 is 3.38. The minimum atomic E-state index is -0.986. The molecule has 11 heteroatoms. The van der Waals surface area contributed by atoms with Gasteiger partial charge in [-0.2, -0.15) is 10.5 Å². The van der Waals surface area contributed by atoms with Crippen LogP contribution in [0.5, 0.6) is 17.2 Å². The SMILES string of the molecule is CCCCCCBr.CCCCCCOc1ccc(C(=O)Cc2ccc(-c3ccc(C#N)cc3)cc2)cc1.N#Cc1ccc(-c2ccc(O)cc2)cc1.O=C(O)c1ccc(O)cc1.[K+].[OH-]. The van der Waals surface area contributed by atoms with E-state index in [1.807, 2.05) is 97.1 Å². The van der Waals surface area contributed by atoms with Crippen LogP contribution in [0.3, 0.4) is 0 Å². The van der Waals surface area contributed by atoms with E-state index in [2.05, 4.69) is 41.9 Å². The van der Waals surface area contributed by atoms with E-state index in [1.54, 1.807) is 24.3 Å². The quantitative estimate of drug-likeness (QED) is 0.0368. The zero-order valence-corrected chi connectivity index (χ0v) is 41.6. The number of Topliss-reactive ketones (excluding diaryl/α,β-unsaturated/α-hetero) is 1. The number of unbranched alkanes of at least 4 members (excludes halogenated alkanes) is 6. The molecule has 0 aliphatic rings. The molecule has 0 aliphatic carbocycles. The molecular weight excluding hydrogens is 896 g/mol. The molecule has 0 spiro atoms. The second kappa shape index (κ2) is 33.4. The Labute approximate surface area is 429 Å². The van der Waals surface area contributed by atoms with Gasteiger partial charge in [-0.05, 0) is 126 Å².